The van der Waals surface area contributed by atoms with Gasteiger partial charge in [-0.3, -0.25) is 9.59 Å². The smallest absolute Gasteiger partial charge is 0.328 e. The minimum Gasteiger partial charge on any atom is -0.492 e. The van der Waals surface area contributed by atoms with Crippen molar-refractivity contribution in [2.24, 2.45) is 0 Å². The van der Waals surface area contributed by atoms with Crippen LogP contribution in [-0.2, 0) is 20.7 Å². The van der Waals surface area contributed by atoms with Gasteiger partial charge in [0.25, 0.3) is 0 Å². The Bertz CT molecular complexity index is 1510. The molecule has 0 aliphatic carbocycles. The summed E-state index contributed by atoms with van der Waals surface area (Å²) in [6.45, 7) is 2.42. The van der Waals surface area contributed by atoms with Crippen LogP contribution in [0.3, 0.4) is 0 Å². The number of hydrogen-bond acceptors (Lipinski definition) is 6. The van der Waals surface area contributed by atoms with Crippen LogP contribution >= 0.6 is 11.6 Å². The number of ketones is 1. The van der Waals surface area contributed by atoms with E-state index >= 15 is 0 Å². The van der Waals surface area contributed by atoms with Crippen LogP contribution in [0.2, 0.25) is 5.02 Å². The summed E-state index contributed by atoms with van der Waals surface area (Å²) >= 11 is 6.32. The van der Waals surface area contributed by atoms with Gasteiger partial charge in [0.05, 0.1) is 24.4 Å². The highest BCUT2D eigenvalue weighted by molar-refractivity contribution is 6.33. The Morgan fingerprint density at radius 1 is 0.857 bits per heavy atom. The van der Waals surface area contributed by atoms with E-state index in [9.17, 15) is 14.4 Å². The number of carbonyl (C=O) groups excluding carboxylic acids is 3. The third-order valence-corrected chi connectivity index (χ3v) is 7.04. The fraction of sp³-hybridized carbons (Fsp3) is 0.206. The van der Waals surface area contributed by atoms with Crippen molar-refractivity contribution in [3.8, 4) is 5.75 Å². The van der Waals surface area contributed by atoms with Crippen molar-refractivity contribution < 1.29 is 23.9 Å². The quantitative estimate of drug-likeness (QED) is 0.141. The minimum absolute atomic E-state index is 0.0459. The number of esters is 1. The zero-order valence-corrected chi connectivity index (χ0v) is 24.3. The molecular weight excluding hydrogens is 552 g/mol. The van der Waals surface area contributed by atoms with Crippen molar-refractivity contribution in [2.75, 3.05) is 30.5 Å². The number of amides is 1. The molecule has 216 valence electrons. The van der Waals surface area contributed by atoms with Gasteiger partial charge in [-0.05, 0) is 42.0 Å². The second-order valence-electron chi connectivity index (χ2n) is 9.51. The number of halogens is 1. The van der Waals surface area contributed by atoms with Crippen molar-refractivity contribution in [1.29, 1.82) is 0 Å². The van der Waals surface area contributed by atoms with E-state index in [1.807, 2.05) is 73.7 Å². The number of nitrogens with one attached hydrogen (secondary N) is 1. The Hall–Kier alpha value is -4.62. The summed E-state index contributed by atoms with van der Waals surface area (Å²) in [4.78, 5) is 40.1. The standard InChI is InChI=1S/C34H33ClN2O5/c1-3-32(38)37(31-16-10-8-14-28(31)35)21-22-42-26-19-17-24(18-20-26)23-30(34(40)41-2)36-29-15-9-7-13-27(29)33(39)25-11-5-4-6-12-25/h4-20,30,36H,3,21-23H2,1-2H3/t30-/m0/s1. The van der Waals surface area contributed by atoms with Crippen molar-refractivity contribution in [3.63, 3.8) is 0 Å². The maximum Gasteiger partial charge on any atom is 0.328 e. The Morgan fingerprint density at radius 2 is 1.52 bits per heavy atom. The number of benzene rings is 4. The molecule has 0 radical (unpaired) electrons. The lowest BCUT2D eigenvalue weighted by atomic mass is 10.00. The molecular formula is C34H33ClN2O5. The summed E-state index contributed by atoms with van der Waals surface area (Å²) in [6, 6.07) is 30.0. The van der Waals surface area contributed by atoms with Gasteiger partial charge in [-0.1, -0.05) is 85.3 Å². The molecule has 0 unspecified atom stereocenters. The van der Waals surface area contributed by atoms with Crippen LogP contribution in [0.4, 0.5) is 11.4 Å². The molecule has 4 rings (SSSR count). The predicted octanol–water partition coefficient (Wildman–Crippen LogP) is 6.59. The molecule has 4 aromatic rings. The topological polar surface area (TPSA) is 84.9 Å². The Kier molecular flexibility index (Phi) is 10.7. The highest BCUT2D eigenvalue weighted by Crippen LogP contribution is 2.26. The summed E-state index contributed by atoms with van der Waals surface area (Å²) in [5, 5.41) is 3.72. The first-order valence-electron chi connectivity index (χ1n) is 13.7. The molecule has 1 amide bonds. The van der Waals surface area contributed by atoms with Gasteiger partial charge in [0, 0.05) is 29.7 Å². The van der Waals surface area contributed by atoms with E-state index in [-0.39, 0.29) is 18.3 Å². The van der Waals surface area contributed by atoms with Crippen LogP contribution in [-0.4, -0.2) is 44.0 Å². The number of methoxy groups -OCH3 is 1. The van der Waals surface area contributed by atoms with Gasteiger partial charge < -0.3 is 19.7 Å². The number of nitrogens with zero attached hydrogens (tertiary/aromatic N) is 1. The average molecular weight is 585 g/mol. The fourth-order valence-corrected chi connectivity index (χ4v) is 4.77. The fourth-order valence-electron chi connectivity index (χ4n) is 4.53. The minimum atomic E-state index is -0.726. The van der Waals surface area contributed by atoms with Crippen molar-refractivity contribution in [1.82, 2.24) is 0 Å². The zero-order chi connectivity index (χ0) is 29.9. The first-order chi connectivity index (χ1) is 20.4. The summed E-state index contributed by atoms with van der Waals surface area (Å²) in [5.41, 5.74) is 3.10. The maximum absolute atomic E-state index is 13.2. The van der Waals surface area contributed by atoms with Crippen LogP contribution < -0.4 is 15.0 Å². The molecule has 0 aliphatic heterocycles. The number of para-hydroxylation sites is 2. The lowest BCUT2D eigenvalue weighted by Gasteiger charge is -2.23. The highest BCUT2D eigenvalue weighted by Gasteiger charge is 2.23. The van der Waals surface area contributed by atoms with Crippen molar-refractivity contribution in [3.05, 3.63) is 125 Å². The van der Waals surface area contributed by atoms with E-state index in [1.54, 1.807) is 41.3 Å². The van der Waals surface area contributed by atoms with Gasteiger partial charge in [-0.2, -0.15) is 0 Å². The number of anilines is 2. The number of rotatable bonds is 13. The number of carbonyl (C=O) groups is 3. The van der Waals surface area contributed by atoms with E-state index in [0.717, 1.165) is 5.56 Å². The Labute approximate surface area is 251 Å². The van der Waals surface area contributed by atoms with Gasteiger partial charge in [-0.15, -0.1) is 0 Å². The molecule has 0 aliphatic rings. The largest absolute Gasteiger partial charge is 0.492 e. The van der Waals surface area contributed by atoms with Crippen molar-refractivity contribution in [2.45, 2.75) is 25.8 Å². The molecule has 0 saturated heterocycles. The van der Waals surface area contributed by atoms with Gasteiger partial charge in [0.15, 0.2) is 5.78 Å². The lowest BCUT2D eigenvalue weighted by molar-refractivity contribution is -0.141. The summed E-state index contributed by atoms with van der Waals surface area (Å²) in [5.74, 6) is -0.00581. The maximum atomic E-state index is 13.2. The molecule has 0 aromatic heterocycles. The summed E-state index contributed by atoms with van der Waals surface area (Å²) in [7, 11) is 1.34. The molecule has 8 heteroatoms. The molecule has 1 N–H and O–H groups in total. The van der Waals surface area contributed by atoms with Crippen LogP contribution in [0.1, 0.15) is 34.8 Å². The molecule has 1 atom stereocenters. The molecule has 0 heterocycles. The van der Waals surface area contributed by atoms with E-state index in [2.05, 4.69) is 5.32 Å². The Balaban J connectivity index is 1.42. The average Bonchev–Trinajstić information content (AvgIpc) is 3.03. The van der Waals surface area contributed by atoms with Crippen molar-refractivity contribution >= 4 is 40.6 Å². The van der Waals surface area contributed by atoms with E-state index in [0.29, 0.717) is 52.7 Å². The first kappa shape index (κ1) is 30.3. The van der Waals surface area contributed by atoms with Gasteiger partial charge in [0.1, 0.15) is 18.4 Å². The van der Waals surface area contributed by atoms with Gasteiger partial charge in [-0.25, -0.2) is 4.79 Å². The second kappa shape index (κ2) is 14.8. The van der Waals surface area contributed by atoms with Crippen LogP contribution in [0.5, 0.6) is 5.75 Å². The normalized spacial score (nSPS) is 11.3. The second-order valence-corrected chi connectivity index (χ2v) is 9.91. The zero-order valence-electron chi connectivity index (χ0n) is 23.6. The summed E-state index contributed by atoms with van der Waals surface area (Å²) < 4.78 is 11.0. The first-order valence-corrected chi connectivity index (χ1v) is 14.1. The van der Waals surface area contributed by atoms with Crippen LogP contribution in [0.15, 0.2) is 103 Å². The predicted molar refractivity (Wildman–Crippen MR) is 165 cm³/mol. The monoisotopic (exact) mass is 584 g/mol. The number of hydrogen-bond donors (Lipinski definition) is 1. The molecule has 7 nitrogen and oxygen atoms in total. The van der Waals surface area contributed by atoms with Gasteiger partial charge in [0.2, 0.25) is 5.91 Å². The number of ether oxygens (including phenoxy) is 2. The summed E-state index contributed by atoms with van der Waals surface area (Å²) in [6.07, 6.45) is 0.673. The lowest BCUT2D eigenvalue weighted by Crippen LogP contribution is -2.34. The Morgan fingerprint density at radius 3 is 2.21 bits per heavy atom. The van der Waals surface area contributed by atoms with Crippen LogP contribution in [0, 0.1) is 0 Å². The third kappa shape index (κ3) is 7.77. The molecule has 4 aromatic carbocycles. The molecule has 0 fully saturated rings. The van der Waals surface area contributed by atoms with Gasteiger partial charge >= 0.3 is 5.97 Å². The van der Waals surface area contributed by atoms with E-state index in [1.165, 1.54) is 7.11 Å². The molecule has 0 saturated carbocycles. The molecule has 42 heavy (non-hydrogen) atoms. The molecule has 0 bridgehead atoms. The van der Waals surface area contributed by atoms with E-state index < -0.39 is 12.0 Å². The SMILES string of the molecule is CCC(=O)N(CCOc1ccc(C[C@H](Nc2ccccc2C(=O)c2ccccc2)C(=O)OC)cc1)c1ccccc1Cl. The highest BCUT2D eigenvalue weighted by atomic mass is 35.5. The third-order valence-electron chi connectivity index (χ3n) is 6.72. The van der Waals surface area contributed by atoms with E-state index in [4.69, 9.17) is 21.1 Å². The molecule has 0 spiro atoms. The van der Waals surface area contributed by atoms with Crippen LogP contribution in [0.25, 0.3) is 0 Å².